The molecule has 1 aromatic rings. The molecule has 0 bridgehead atoms. The highest BCUT2D eigenvalue weighted by atomic mass is 127. The van der Waals surface area contributed by atoms with E-state index in [4.69, 9.17) is 9.47 Å². The van der Waals surface area contributed by atoms with Gasteiger partial charge in [-0.25, -0.2) is 0 Å². The third kappa shape index (κ3) is 7.03. The van der Waals surface area contributed by atoms with E-state index >= 15 is 0 Å². The molecule has 1 aliphatic rings. The summed E-state index contributed by atoms with van der Waals surface area (Å²) in [5.74, 6) is 2.21. The van der Waals surface area contributed by atoms with Gasteiger partial charge in [0.25, 0.3) is 0 Å². The Bertz CT molecular complexity index is 597. The average molecular weight is 490 g/mol. The summed E-state index contributed by atoms with van der Waals surface area (Å²) < 4.78 is 11.0. The maximum atomic E-state index is 5.57. The van der Waals surface area contributed by atoms with Gasteiger partial charge in [0.2, 0.25) is 0 Å². The number of piperidine rings is 1. The molecule has 1 aromatic carbocycles. The van der Waals surface area contributed by atoms with Crippen LogP contribution in [0.1, 0.15) is 40.0 Å². The molecule has 2 N–H and O–H groups in total. The highest BCUT2D eigenvalue weighted by molar-refractivity contribution is 14.0. The molecular weight excluding hydrogens is 455 g/mol. The first kappa shape index (κ1) is 23.8. The van der Waals surface area contributed by atoms with E-state index in [1.807, 2.05) is 25.1 Å². The lowest BCUT2D eigenvalue weighted by Gasteiger charge is -2.38. The normalized spacial score (nSPS) is 19.0. The van der Waals surface area contributed by atoms with Gasteiger partial charge in [0.15, 0.2) is 17.5 Å². The highest BCUT2D eigenvalue weighted by Gasteiger charge is 2.23. The van der Waals surface area contributed by atoms with Crippen molar-refractivity contribution in [3.63, 3.8) is 0 Å². The smallest absolute Gasteiger partial charge is 0.195 e. The Morgan fingerprint density at radius 2 is 2.11 bits per heavy atom. The van der Waals surface area contributed by atoms with Gasteiger partial charge in [0, 0.05) is 37.4 Å². The number of nitrogens with zero attached hydrogens (tertiary/aromatic N) is 2. The van der Waals surface area contributed by atoms with Gasteiger partial charge in [-0.3, -0.25) is 9.89 Å². The summed E-state index contributed by atoms with van der Waals surface area (Å²) in [6.45, 7) is 9.22. The number of halogens is 1. The fraction of sp³-hybridized carbons (Fsp3) is 0.650. The van der Waals surface area contributed by atoms with E-state index in [9.17, 15) is 0 Å². The Balaban J connectivity index is 0.00000364. The zero-order valence-corrected chi connectivity index (χ0v) is 19.6. The molecule has 0 aromatic heterocycles. The Kier molecular flexibility index (Phi) is 10.8. The van der Waals surface area contributed by atoms with Gasteiger partial charge in [-0.05, 0) is 52.3 Å². The number of methoxy groups -OCH3 is 1. The van der Waals surface area contributed by atoms with Gasteiger partial charge in [0.05, 0.1) is 13.7 Å². The number of anilines is 1. The predicted octanol–water partition coefficient (Wildman–Crippen LogP) is 3.96. The lowest BCUT2D eigenvalue weighted by atomic mass is 10.0. The van der Waals surface area contributed by atoms with E-state index in [2.05, 4.69) is 34.4 Å². The lowest BCUT2D eigenvalue weighted by Crippen LogP contribution is -2.49. The standard InChI is InChI=1S/C20H34N4O2.HI/c1-6-26-18-11-10-17(13-19(18)25-5)23-20(21-4)22-14-16(3)24-12-8-7-9-15(24)2;/h10-11,13,15-16H,6-9,12,14H2,1-5H3,(H2,21,22,23);1H. The van der Waals surface area contributed by atoms with E-state index in [0.29, 0.717) is 24.4 Å². The molecule has 1 saturated heterocycles. The van der Waals surface area contributed by atoms with Crippen LogP contribution in [0.25, 0.3) is 0 Å². The predicted molar refractivity (Wildman–Crippen MR) is 124 cm³/mol. The number of hydrogen-bond donors (Lipinski definition) is 2. The quantitative estimate of drug-likeness (QED) is 0.344. The number of hydrogen-bond acceptors (Lipinski definition) is 4. The molecule has 2 unspecified atom stereocenters. The minimum Gasteiger partial charge on any atom is -0.493 e. The van der Waals surface area contributed by atoms with Crippen LogP contribution >= 0.6 is 24.0 Å². The largest absolute Gasteiger partial charge is 0.493 e. The zero-order valence-electron chi connectivity index (χ0n) is 17.2. The zero-order chi connectivity index (χ0) is 18.9. The molecule has 6 nitrogen and oxygen atoms in total. The molecule has 27 heavy (non-hydrogen) atoms. The van der Waals surface area contributed by atoms with Crippen molar-refractivity contribution in [1.29, 1.82) is 0 Å². The van der Waals surface area contributed by atoms with Gasteiger partial charge < -0.3 is 20.1 Å². The van der Waals surface area contributed by atoms with Gasteiger partial charge >= 0.3 is 0 Å². The molecule has 2 atom stereocenters. The molecular formula is C20H35IN4O2. The van der Waals surface area contributed by atoms with Crippen molar-refractivity contribution in [2.24, 2.45) is 4.99 Å². The van der Waals surface area contributed by atoms with Crippen molar-refractivity contribution in [3.05, 3.63) is 18.2 Å². The van der Waals surface area contributed by atoms with Gasteiger partial charge in [-0.15, -0.1) is 24.0 Å². The molecule has 0 saturated carbocycles. The number of ether oxygens (including phenoxy) is 2. The topological polar surface area (TPSA) is 58.1 Å². The molecule has 2 rings (SSSR count). The third-order valence-corrected chi connectivity index (χ3v) is 4.94. The summed E-state index contributed by atoms with van der Waals surface area (Å²) in [4.78, 5) is 6.92. The SMILES string of the molecule is CCOc1ccc(NC(=NC)NCC(C)N2CCCCC2C)cc1OC.I. The molecule has 0 radical (unpaired) electrons. The first-order chi connectivity index (χ1) is 12.6. The van der Waals surface area contributed by atoms with Crippen LogP contribution in [0.15, 0.2) is 23.2 Å². The number of rotatable bonds is 7. The summed E-state index contributed by atoms with van der Waals surface area (Å²) in [5, 5.41) is 6.76. The van der Waals surface area contributed by atoms with Crippen LogP contribution in [0.2, 0.25) is 0 Å². The monoisotopic (exact) mass is 490 g/mol. The van der Waals surface area contributed by atoms with Gasteiger partial charge in [0.1, 0.15) is 0 Å². The Labute approximate surface area is 181 Å². The maximum Gasteiger partial charge on any atom is 0.195 e. The van der Waals surface area contributed by atoms with E-state index in [0.717, 1.165) is 23.9 Å². The van der Waals surface area contributed by atoms with Crippen LogP contribution in [0.3, 0.4) is 0 Å². The number of nitrogens with one attached hydrogen (secondary N) is 2. The molecule has 0 amide bonds. The van der Waals surface area contributed by atoms with E-state index < -0.39 is 0 Å². The summed E-state index contributed by atoms with van der Waals surface area (Å²) >= 11 is 0. The number of guanidine groups is 1. The van der Waals surface area contributed by atoms with Crippen molar-refractivity contribution in [3.8, 4) is 11.5 Å². The second kappa shape index (κ2) is 12.3. The van der Waals surface area contributed by atoms with Gasteiger partial charge in [-0.1, -0.05) is 6.42 Å². The second-order valence-electron chi connectivity index (χ2n) is 6.81. The van der Waals surface area contributed by atoms with Crippen LogP contribution in [-0.2, 0) is 0 Å². The molecule has 1 aliphatic heterocycles. The second-order valence-corrected chi connectivity index (χ2v) is 6.81. The molecule has 1 fully saturated rings. The first-order valence-electron chi connectivity index (χ1n) is 9.63. The summed E-state index contributed by atoms with van der Waals surface area (Å²) in [6, 6.07) is 6.94. The third-order valence-electron chi connectivity index (χ3n) is 4.94. The number of likely N-dealkylation sites (tertiary alicyclic amines) is 1. The van der Waals surface area contributed by atoms with Crippen molar-refractivity contribution in [1.82, 2.24) is 10.2 Å². The minimum atomic E-state index is 0. The molecule has 154 valence electrons. The maximum absolute atomic E-state index is 5.57. The highest BCUT2D eigenvalue weighted by Crippen LogP contribution is 2.30. The van der Waals surface area contributed by atoms with Crippen LogP contribution in [0.4, 0.5) is 5.69 Å². The molecule has 1 heterocycles. The average Bonchev–Trinajstić information content (AvgIpc) is 2.66. The first-order valence-corrected chi connectivity index (χ1v) is 9.63. The van der Waals surface area contributed by atoms with E-state index in [-0.39, 0.29) is 24.0 Å². The Hall–Kier alpha value is -1.22. The fourth-order valence-corrected chi connectivity index (χ4v) is 3.47. The lowest BCUT2D eigenvalue weighted by molar-refractivity contribution is 0.116. The van der Waals surface area contributed by atoms with Gasteiger partial charge in [-0.2, -0.15) is 0 Å². The van der Waals surface area contributed by atoms with Crippen molar-refractivity contribution in [2.45, 2.75) is 52.1 Å². The van der Waals surface area contributed by atoms with E-state index in [1.54, 1.807) is 14.2 Å². The summed E-state index contributed by atoms with van der Waals surface area (Å²) in [6.07, 6.45) is 3.94. The number of benzene rings is 1. The molecule has 7 heteroatoms. The fourth-order valence-electron chi connectivity index (χ4n) is 3.47. The van der Waals surface area contributed by atoms with Crippen molar-refractivity contribution in [2.75, 3.05) is 39.2 Å². The summed E-state index contributed by atoms with van der Waals surface area (Å²) in [5.41, 5.74) is 0.914. The minimum absolute atomic E-state index is 0. The Morgan fingerprint density at radius 3 is 2.74 bits per heavy atom. The van der Waals surface area contributed by atoms with Crippen LogP contribution in [0, 0.1) is 0 Å². The van der Waals surface area contributed by atoms with Crippen molar-refractivity contribution >= 4 is 35.6 Å². The van der Waals surface area contributed by atoms with Crippen molar-refractivity contribution < 1.29 is 9.47 Å². The molecule has 0 spiro atoms. The van der Waals surface area contributed by atoms with Crippen LogP contribution < -0.4 is 20.1 Å². The molecule has 0 aliphatic carbocycles. The summed E-state index contributed by atoms with van der Waals surface area (Å²) in [7, 11) is 3.44. The Morgan fingerprint density at radius 1 is 1.33 bits per heavy atom. The van der Waals surface area contributed by atoms with E-state index in [1.165, 1.54) is 25.8 Å². The number of aliphatic imine (C=N–C) groups is 1. The van der Waals surface area contributed by atoms with Crippen LogP contribution in [-0.4, -0.2) is 56.8 Å². The van der Waals surface area contributed by atoms with Crippen LogP contribution in [0.5, 0.6) is 11.5 Å².